The van der Waals surface area contributed by atoms with Crippen LogP contribution in [0.3, 0.4) is 0 Å². The first kappa shape index (κ1) is 20.0. The maximum Gasteiger partial charge on any atom is 0.279 e. The van der Waals surface area contributed by atoms with Gasteiger partial charge in [0.2, 0.25) is 0 Å². The van der Waals surface area contributed by atoms with Crippen LogP contribution in [-0.2, 0) is 24.2 Å². The largest absolute Gasteiger partial charge is 0.279 e. The van der Waals surface area contributed by atoms with Crippen LogP contribution < -0.4 is 10.9 Å². The van der Waals surface area contributed by atoms with Crippen molar-refractivity contribution in [2.75, 3.05) is 0 Å². The highest BCUT2D eigenvalue weighted by atomic mass is 32.1. The SMILES string of the molecule is C[C@H]1CCc2sc(C(=O)NNC(=O)/C=C/c3cn(Cc4ccccc4)nn3)cc2C1. The van der Waals surface area contributed by atoms with Gasteiger partial charge in [-0.2, -0.15) is 0 Å². The number of amides is 2. The molecule has 0 saturated carbocycles. The number of hydrogen-bond donors (Lipinski definition) is 2. The van der Waals surface area contributed by atoms with Gasteiger partial charge < -0.3 is 0 Å². The van der Waals surface area contributed by atoms with Gasteiger partial charge >= 0.3 is 0 Å². The van der Waals surface area contributed by atoms with E-state index in [1.54, 1.807) is 17.0 Å². The molecule has 3 aromatic rings. The van der Waals surface area contributed by atoms with E-state index in [4.69, 9.17) is 0 Å². The van der Waals surface area contributed by atoms with Crippen LogP contribution >= 0.6 is 11.3 Å². The lowest BCUT2D eigenvalue weighted by Gasteiger charge is -2.16. The quantitative estimate of drug-likeness (QED) is 0.490. The molecule has 2 heterocycles. The van der Waals surface area contributed by atoms with Gasteiger partial charge in [0.1, 0.15) is 5.69 Å². The number of hydrazine groups is 1. The molecule has 1 aromatic carbocycles. The molecule has 1 atom stereocenters. The zero-order valence-electron chi connectivity index (χ0n) is 16.7. The van der Waals surface area contributed by atoms with Crippen LogP contribution in [0.25, 0.3) is 6.08 Å². The first-order valence-corrected chi connectivity index (χ1v) is 10.7. The number of rotatable bonds is 5. The molecule has 2 aromatic heterocycles. The third-order valence-corrected chi connectivity index (χ3v) is 6.24. The summed E-state index contributed by atoms with van der Waals surface area (Å²) in [6, 6.07) is 11.9. The minimum Gasteiger partial charge on any atom is -0.268 e. The van der Waals surface area contributed by atoms with Crippen LogP contribution in [0.15, 0.2) is 48.7 Å². The van der Waals surface area contributed by atoms with Crippen LogP contribution in [0.5, 0.6) is 0 Å². The van der Waals surface area contributed by atoms with E-state index < -0.39 is 5.91 Å². The number of hydrogen-bond acceptors (Lipinski definition) is 5. The second-order valence-corrected chi connectivity index (χ2v) is 8.65. The lowest BCUT2D eigenvalue weighted by Crippen LogP contribution is -2.40. The first-order valence-electron chi connectivity index (χ1n) is 9.91. The minimum atomic E-state index is -0.434. The molecule has 2 N–H and O–H groups in total. The summed E-state index contributed by atoms with van der Waals surface area (Å²) in [4.78, 5) is 26.3. The van der Waals surface area contributed by atoms with Crippen molar-refractivity contribution in [2.24, 2.45) is 5.92 Å². The number of nitrogens with zero attached hydrogens (tertiary/aromatic N) is 3. The molecule has 7 nitrogen and oxygen atoms in total. The van der Waals surface area contributed by atoms with E-state index in [1.165, 1.54) is 27.9 Å². The van der Waals surface area contributed by atoms with Crippen molar-refractivity contribution in [3.63, 3.8) is 0 Å². The van der Waals surface area contributed by atoms with Crippen LogP contribution in [0.2, 0.25) is 0 Å². The van der Waals surface area contributed by atoms with E-state index >= 15 is 0 Å². The number of carbonyl (C=O) groups excluding carboxylic acids is 2. The van der Waals surface area contributed by atoms with Crippen molar-refractivity contribution in [3.8, 4) is 0 Å². The highest BCUT2D eigenvalue weighted by molar-refractivity contribution is 7.14. The van der Waals surface area contributed by atoms with Gasteiger partial charge in [0, 0.05) is 11.0 Å². The zero-order valence-corrected chi connectivity index (χ0v) is 17.5. The molecule has 2 amide bonds. The number of aromatic nitrogens is 3. The Balaban J connectivity index is 1.28. The van der Waals surface area contributed by atoms with Gasteiger partial charge in [-0.05, 0) is 48.4 Å². The van der Waals surface area contributed by atoms with Crippen molar-refractivity contribution >= 4 is 29.2 Å². The summed E-state index contributed by atoms with van der Waals surface area (Å²) < 4.78 is 1.70. The normalized spacial score (nSPS) is 15.7. The number of fused-ring (bicyclic) bond motifs is 1. The van der Waals surface area contributed by atoms with Crippen molar-refractivity contribution in [2.45, 2.75) is 32.7 Å². The fourth-order valence-corrected chi connectivity index (χ4v) is 4.54. The van der Waals surface area contributed by atoms with Gasteiger partial charge in [-0.1, -0.05) is 42.5 Å². The Labute approximate surface area is 178 Å². The molecular weight excluding hydrogens is 398 g/mol. The molecule has 30 heavy (non-hydrogen) atoms. The Hall–Kier alpha value is -3.26. The molecule has 0 bridgehead atoms. The second kappa shape index (κ2) is 9.04. The van der Waals surface area contributed by atoms with Gasteiger partial charge in [0.05, 0.1) is 17.6 Å². The number of carbonyl (C=O) groups is 2. The molecule has 4 rings (SSSR count). The number of benzene rings is 1. The predicted molar refractivity (Wildman–Crippen MR) is 116 cm³/mol. The van der Waals surface area contributed by atoms with Crippen LogP contribution in [-0.4, -0.2) is 26.8 Å². The van der Waals surface area contributed by atoms with Crippen LogP contribution in [0.1, 0.15) is 44.7 Å². The van der Waals surface area contributed by atoms with E-state index in [9.17, 15) is 9.59 Å². The molecule has 0 unspecified atom stereocenters. The number of nitrogens with one attached hydrogen (secondary N) is 2. The maximum absolute atomic E-state index is 12.3. The highest BCUT2D eigenvalue weighted by Crippen LogP contribution is 2.32. The number of thiophene rings is 1. The lowest BCUT2D eigenvalue weighted by atomic mass is 9.90. The molecule has 1 aliphatic carbocycles. The van der Waals surface area contributed by atoms with Gasteiger partial charge in [0.15, 0.2) is 0 Å². The van der Waals surface area contributed by atoms with Crippen molar-refractivity contribution < 1.29 is 9.59 Å². The summed E-state index contributed by atoms with van der Waals surface area (Å²) in [5, 5.41) is 8.09. The molecule has 0 spiro atoms. The van der Waals surface area contributed by atoms with Gasteiger partial charge in [-0.15, -0.1) is 16.4 Å². The molecule has 0 radical (unpaired) electrons. The van der Waals surface area contributed by atoms with E-state index in [2.05, 4.69) is 28.1 Å². The number of aryl methyl sites for hydroxylation is 1. The summed E-state index contributed by atoms with van der Waals surface area (Å²) >= 11 is 1.51. The molecule has 0 fully saturated rings. The molecule has 154 valence electrons. The third kappa shape index (κ3) is 5.01. The summed E-state index contributed by atoms with van der Waals surface area (Å²) in [5.41, 5.74) is 7.82. The zero-order chi connectivity index (χ0) is 20.9. The van der Waals surface area contributed by atoms with Gasteiger partial charge in [-0.25, -0.2) is 4.68 Å². The van der Waals surface area contributed by atoms with E-state index in [0.29, 0.717) is 23.0 Å². The van der Waals surface area contributed by atoms with Crippen LogP contribution in [0.4, 0.5) is 0 Å². The minimum absolute atomic E-state index is 0.294. The summed E-state index contributed by atoms with van der Waals surface area (Å²) in [5.74, 6) is -0.0768. The Morgan fingerprint density at radius 1 is 1.27 bits per heavy atom. The fraction of sp³-hybridized carbons (Fsp3) is 0.273. The Bertz CT molecular complexity index is 1070. The Morgan fingerprint density at radius 2 is 2.10 bits per heavy atom. The summed E-state index contributed by atoms with van der Waals surface area (Å²) in [6.07, 6.45) is 7.83. The average Bonchev–Trinajstić information content (AvgIpc) is 3.37. The van der Waals surface area contributed by atoms with Crippen LogP contribution in [0, 0.1) is 5.92 Å². The molecule has 0 aliphatic heterocycles. The monoisotopic (exact) mass is 421 g/mol. The second-order valence-electron chi connectivity index (χ2n) is 7.51. The van der Waals surface area contributed by atoms with E-state index in [1.807, 2.05) is 36.4 Å². The molecule has 0 saturated heterocycles. The topological polar surface area (TPSA) is 88.9 Å². The molecule has 1 aliphatic rings. The van der Waals surface area contributed by atoms with E-state index in [-0.39, 0.29) is 5.91 Å². The lowest BCUT2D eigenvalue weighted by molar-refractivity contribution is -0.117. The van der Waals surface area contributed by atoms with Gasteiger partial charge in [0.25, 0.3) is 11.8 Å². The maximum atomic E-state index is 12.3. The van der Waals surface area contributed by atoms with E-state index in [0.717, 1.165) is 24.8 Å². The molecular formula is C22H23N5O2S. The predicted octanol–water partition coefficient (Wildman–Crippen LogP) is 2.99. The third-order valence-electron chi connectivity index (χ3n) is 5.00. The smallest absolute Gasteiger partial charge is 0.268 e. The Morgan fingerprint density at radius 3 is 2.93 bits per heavy atom. The fourth-order valence-electron chi connectivity index (χ4n) is 3.44. The Kier molecular flexibility index (Phi) is 6.04. The average molecular weight is 422 g/mol. The standard InChI is InChI=1S/C22H23N5O2S/c1-15-7-9-19-17(11-15)12-20(30-19)22(29)25-24-21(28)10-8-18-14-27(26-23-18)13-16-5-3-2-4-6-16/h2-6,8,10,12,14-15H,7,9,11,13H2,1H3,(H,24,28)(H,25,29)/b10-8+/t15-/m0/s1. The van der Waals surface area contributed by atoms with Gasteiger partial charge in [-0.3, -0.25) is 20.4 Å². The van der Waals surface area contributed by atoms with Crippen molar-refractivity contribution in [1.82, 2.24) is 25.8 Å². The van der Waals surface area contributed by atoms with Crippen molar-refractivity contribution in [3.05, 3.63) is 75.2 Å². The summed E-state index contributed by atoms with van der Waals surface area (Å²) in [7, 11) is 0. The summed E-state index contributed by atoms with van der Waals surface area (Å²) in [6.45, 7) is 2.83. The molecule has 8 heteroatoms. The van der Waals surface area contributed by atoms with Crippen molar-refractivity contribution in [1.29, 1.82) is 0 Å². The first-order chi connectivity index (χ1) is 14.6. The highest BCUT2D eigenvalue weighted by Gasteiger charge is 2.20.